The number of ether oxygens (including phenoxy) is 2. The van der Waals surface area contributed by atoms with E-state index >= 15 is 0 Å². The van der Waals surface area contributed by atoms with Crippen LogP contribution in [0.3, 0.4) is 0 Å². The van der Waals surface area contributed by atoms with Crippen molar-refractivity contribution in [2.75, 3.05) is 19.5 Å². The van der Waals surface area contributed by atoms with Crippen molar-refractivity contribution in [2.24, 2.45) is 0 Å². The molecule has 2 heterocycles. The molecule has 0 aliphatic heterocycles. The quantitative estimate of drug-likeness (QED) is 0.380. The molecular formula is C26H23N5O5. The molecular weight excluding hydrogens is 462 g/mol. The first-order valence-electron chi connectivity index (χ1n) is 11.2. The summed E-state index contributed by atoms with van der Waals surface area (Å²) in [7, 11) is 3.02. The third kappa shape index (κ3) is 4.20. The topological polar surface area (TPSA) is 109 Å². The van der Waals surface area contributed by atoms with Crippen molar-refractivity contribution < 1.29 is 14.3 Å². The molecule has 10 heteroatoms. The Morgan fingerprint density at radius 3 is 2.28 bits per heavy atom. The van der Waals surface area contributed by atoms with Crippen molar-refractivity contribution >= 4 is 28.3 Å². The normalized spacial score (nSPS) is 11.1. The number of nitrogens with zero attached hydrogens (tertiary/aromatic N) is 4. The van der Waals surface area contributed by atoms with E-state index in [2.05, 4.69) is 10.4 Å². The number of amides is 1. The minimum atomic E-state index is -0.526. The molecule has 0 fully saturated rings. The highest BCUT2D eigenvalue weighted by molar-refractivity contribution is 5.91. The van der Waals surface area contributed by atoms with Gasteiger partial charge in [-0.25, -0.2) is 13.9 Å². The molecule has 0 radical (unpaired) electrons. The van der Waals surface area contributed by atoms with Crippen molar-refractivity contribution in [1.29, 1.82) is 0 Å². The van der Waals surface area contributed by atoms with E-state index in [9.17, 15) is 14.4 Å². The van der Waals surface area contributed by atoms with E-state index in [1.807, 2.05) is 30.3 Å². The number of fused-ring (bicyclic) bond motifs is 3. The Bertz CT molecular complexity index is 1680. The lowest BCUT2D eigenvalue weighted by atomic mass is 10.2. The van der Waals surface area contributed by atoms with Gasteiger partial charge in [0.15, 0.2) is 0 Å². The number of carbonyl (C=O) groups is 1. The number of rotatable bonds is 7. The Kier molecular flexibility index (Phi) is 5.99. The third-order valence-corrected chi connectivity index (χ3v) is 5.80. The van der Waals surface area contributed by atoms with Crippen LogP contribution in [0.4, 0.5) is 5.69 Å². The van der Waals surface area contributed by atoms with Crippen LogP contribution < -0.4 is 26.0 Å². The zero-order chi connectivity index (χ0) is 25.2. The van der Waals surface area contributed by atoms with E-state index in [1.165, 1.54) is 23.2 Å². The molecule has 2 aromatic heterocycles. The summed E-state index contributed by atoms with van der Waals surface area (Å²) in [6.45, 7) is -0.131. The Balaban J connectivity index is 1.56. The van der Waals surface area contributed by atoms with E-state index < -0.39 is 11.6 Å². The van der Waals surface area contributed by atoms with Gasteiger partial charge in [-0.3, -0.25) is 14.2 Å². The van der Waals surface area contributed by atoms with Crippen LogP contribution in [0.1, 0.15) is 5.56 Å². The van der Waals surface area contributed by atoms with Crippen LogP contribution in [0, 0.1) is 0 Å². The average molecular weight is 486 g/mol. The molecule has 182 valence electrons. The van der Waals surface area contributed by atoms with Crippen molar-refractivity contribution in [3.8, 4) is 11.5 Å². The summed E-state index contributed by atoms with van der Waals surface area (Å²) in [5.74, 6) is 0.692. The SMILES string of the molecule is COc1cc(NC(=O)Cn2nc3n(Cc4ccccc4)c(=O)c4ccccc4n3c2=O)cc(OC)c1. The van der Waals surface area contributed by atoms with Crippen LogP contribution in [0.25, 0.3) is 16.7 Å². The van der Waals surface area contributed by atoms with Crippen molar-refractivity contribution in [3.05, 3.63) is 99.2 Å². The number of nitrogens with one attached hydrogen (secondary N) is 1. The van der Waals surface area contributed by atoms with Gasteiger partial charge in [-0.05, 0) is 17.7 Å². The van der Waals surface area contributed by atoms with Crippen molar-refractivity contribution in [1.82, 2.24) is 18.7 Å². The molecule has 3 aromatic carbocycles. The second-order valence-corrected chi connectivity index (χ2v) is 8.12. The van der Waals surface area contributed by atoms with Gasteiger partial charge in [-0.2, -0.15) is 0 Å². The van der Waals surface area contributed by atoms with Crippen LogP contribution in [-0.2, 0) is 17.9 Å². The predicted octanol–water partition coefficient (Wildman–Crippen LogP) is 2.52. The second kappa shape index (κ2) is 9.41. The van der Waals surface area contributed by atoms with Crippen LogP contribution in [0.5, 0.6) is 11.5 Å². The predicted molar refractivity (Wildman–Crippen MR) is 135 cm³/mol. The first kappa shape index (κ1) is 22.9. The van der Waals surface area contributed by atoms with Gasteiger partial charge >= 0.3 is 5.69 Å². The fourth-order valence-electron chi connectivity index (χ4n) is 4.10. The Hall–Kier alpha value is -4.86. The fourth-order valence-corrected chi connectivity index (χ4v) is 4.10. The summed E-state index contributed by atoms with van der Waals surface area (Å²) in [5, 5.41) is 7.51. The molecule has 0 aliphatic rings. The molecule has 0 spiro atoms. The first-order chi connectivity index (χ1) is 17.5. The molecule has 0 atom stereocenters. The molecule has 5 aromatic rings. The van der Waals surface area contributed by atoms with Gasteiger partial charge in [0.05, 0.1) is 31.7 Å². The highest BCUT2D eigenvalue weighted by Gasteiger charge is 2.19. The maximum atomic E-state index is 13.4. The Morgan fingerprint density at radius 1 is 0.917 bits per heavy atom. The van der Waals surface area contributed by atoms with Crippen LogP contribution >= 0.6 is 0 Å². The number of anilines is 1. The molecule has 36 heavy (non-hydrogen) atoms. The van der Waals surface area contributed by atoms with E-state index in [1.54, 1.807) is 42.5 Å². The van der Waals surface area contributed by atoms with E-state index in [0.29, 0.717) is 28.1 Å². The van der Waals surface area contributed by atoms with Gasteiger partial charge in [-0.15, -0.1) is 5.10 Å². The van der Waals surface area contributed by atoms with Gasteiger partial charge in [0.2, 0.25) is 11.7 Å². The Morgan fingerprint density at radius 2 is 1.58 bits per heavy atom. The molecule has 0 saturated carbocycles. The minimum Gasteiger partial charge on any atom is -0.497 e. The number of carbonyl (C=O) groups excluding carboxylic acids is 1. The summed E-state index contributed by atoms with van der Waals surface area (Å²) >= 11 is 0. The van der Waals surface area contributed by atoms with E-state index in [0.717, 1.165) is 10.2 Å². The van der Waals surface area contributed by atoms with Crippen LogP contribution in [-0.4, -0.2) is 38.9 Å². The first-order valence-corrected chi connectivity index (χ1v) is 11.2. The zero-order valence-corrected chi connectivity index (χ0v) is 19.7. The summed E-state index contributed by atoms with van der Waals surface area (Å²) < 4.78 is 14.3. The highest BCUT2D eigenvalue weighted by Crippen LogP contribution is 2.25. The van der Waals surface area contributed by atoms with Crippen LogP contribution in [0.2, 0.25) is 0 Å². The highest BCUT2D eigenvalue weighted by atomic mass is 16.5. The van der Waals surface area contributed by atoms with Gasteiger partial charge in [-0.1, -0.05) is 42.5 Å². The maximum Gasteiger partial charge on any atom is 0.352 e. The number of aromatic nitrogens is 4. The lowest BCUT2D eigenvalue weighted by Crippen LogP contribution is -2.29. The third-order valence-electron chi connectivity index (χ3n) is 5.80. The molecule has 0 bridgehead atoms. The molecule has 1 amide bonds. The standard InChI is InChI=1S/C26H23N5O5/c1-35-19-12-18(13-20(14-19)36-2)27-23(32)16-30-26(34)31-22-11-7-6-10-21(22)24(33)29(25(31)28-30)15-17-8-4-3-5-9-17/h3-14H,15-16H2,1-2H3,(H,27,32). The fraction of sp³-hybridized carbons (Fsp3) is 0.154. The van der Waals surface area contributed by atoms with Gasteiger partial charge < -0.3 is 14.8 Å². The molecule has 10 nitrogen and oxygen atoms in total. The monoisotopic (exact) mass is 485 g/mol. The summed E-state index contributed by atoms with van der Waals surface area (Å²) in [6, 6.07) is 21.2. The molecule has 0 unspecified atom stereocenters. The van der Waals surface area contributed by atoms with E-state index in [4.69, 9.17) is 9.47 Å². The largest absolute Gasteiger partial charge is 0.497 e. The average Bonchev–Trinajstić information content (AvgIpc) is 3.22. The number of para-hydroxylation sites is 1. The minimum absolute atomic E-state index is 0.156. The zero-order valence-electron chi connectivity index (χ0n) is 19.7. The number of benzene rings is 3. The lowest BCUT2D eigenvalue weighted by molar-refractivity contribution is -0.117. The van der Waals surface area contributed by atoms with Crippen molar-refractivity contribution in [3.63, 3.8) is 0 Å². The summed E-state index contributed by atoms with van der Waals surface area (Å²) in [6.07, 6.45) is 0. The second-order valence-electron chi connectivity index (χ2n) is 8.12. The van der Waals surface area contributed by atoms with Crippen molar-refractivity contribution in [2.45, 2.75) is 13.1 Å². The number of hydrogen-bond acceptors (Lipinski definition) is 6. The molecule has 1 N–H and O–H groups in total. The van der Waals surface area contributed by atoms with E-state index in [-0.39, 0.29) is 24.4 Å². The van der Waals surface area contributed by atoms with Gasteiger partial charge in [0.25, 0.3) is 5.56 Å². The molecule has 0 saturated heterocycles. The number of hydrogen-bond donors (Lipinski definition) is 1. The smallest absolute Gasteiger partial charge is 0.352 e. The summed E-state index contributed by atoms with van der Waals surface area (Å²) in [4.78, 5) is 39.6. The lowest BCUT2D eigenvalue weighted by Gasteiger charge is -2.09. The van der Waals surface area contributed by atoms with Crippen LogP contribution in [0.15, 0.2) is 82.4 Å². The number of methoxy groups -OCH3 is 2. The maximum absolute atomic E-state index is 13.4. The molecule has 0 aliphatic carbocycles. The van der Waals surface area contributed by atoms with Gasteiger partial charge in [0.1, 0.15) is 18.0 Å². The Labute approximate surface area is 204 Å². The molecule has 5 rings (SSSR count). The summed E-state index contributed by atoms with van der Waals surface area (Å²) in [5.41, 5.74) is 0.951. The van der Waals surface area contributed by atoms with Gasteiger partial charge in [0, 0.05) is 23.9 Å².